The summed E-state index contributed by atoms with van der Waals surface area (Å²) < 4.78 is 27.8. The van der Waals surface area contributed by atoms with Crippen LogP contribution in [0.4, 0.5) is 8.78 Å². The third-order valence-corrected chi connectivity index (χ3v) is 4.78. The fraction of sp³-hybridized carbons (Fsp3) is 0.462. The number of fused-ring (bicyclic) bond motifs is 1. The third-order valence-electron chi connectivity index (χ3n) is 3.71. The van der Waals surface area contributed by atoms with Crippen molar-refractivity contribution in [2.75, 3.05) is 13.1 Å². The summed E-state index contributed by atoms with van der Waals surface area (Å²) in [7, 11) is 0. The second kappa shape index (κ2) is 4.59. The summed E-state index contributed by atoms with van der Waals surface area (Å²) in [4.78, 5) is 31.2. The van der Waals surface area contributed by atoms with Gasteiger partial charge in [-0.05, 0) is 13.8 Å². The molecule has 1 aliphatic heterocycles. The van der Waals surface area contributed by atoms with Gasteiger partial charge in [0.2, 0.25) is 0 Å². The maximum atomic E-state index is 13.2. The van der Waals surface area contributed by atoms with Gasteiger partial charge in [-0.15, -0.1) is 11.3 Å². The topological polar surface area (TPSA) is 54.7 Å². The maximum Gasteiger partial charge on any atom is 0.271 e. The molecule has 1 saturated heterocycles. The van der Waals surface area contributed by atoms with E-state index in [-0.39, 0.29) is 18.5 Å². The first-order chi connectivity index (χ1) is 9.80. The van der Waals surface area contributed by atoms with Crippen molar-refractivity contribution >= 4 is 22.2 Å². The third kappa shape index (κ3) is 2.23. The first-order valence-corrected chi connectivity index (χ1v) is 7.27. The lowest BCUT2D eigenvalue weighted by molar-refractivity contribution is 0.0120. The minimum absolute atomic E-state index is 0.0460. The van der Waals surface area contributed by atoms with Crippen LogP contribution in [0.2, 0.25) is 0 Å². The number of aryl methyl sites for hydroxylation is 2. The Morgan fingerprint density at radius 3 is 2.76 bits per heavy atom. The molecule has 0 radical (unpaired) electrons. The fourth-order valence-corrected chi connectivity index (χ4v) is 3.33. The van der Waals surface area contributed by atoms with Crippen LogP contribution in [0, 0.1) is 13.8 Å². The molecule has 1 amide bonds. The quantitative estimate of drug-likeness (QED) is 0.807. The molecule has 112 valence electrons. The molecule has 5 nitrogen and oxygen atoms in total. The zero-order valence-corrected chi connectivity index (χ0v) is 12.3. The Bertz CT molecular complexity index is 797. The highest BCUT2D eigenvalue weighted by molar-refractivity contribution is 7.17. The largest absolute Gasteiger partial charge is 0.332 e. The van der Waals surface area contributed by atoms with Crippen molar-refractivity contribution in [2.45, 2.75) is 26.2 Å². The lowest BCUT2D eigenvalue weighted by Gasteiger charge is -2.15. The molecule has 21 heavy (non-hydrogen) atoms. The van der Waals surface area contributed by atoms with Crippen molar-refractivity contribution in [2.24, 2.45) is 0 Å². The van der Waals surface area contributed by atoms with E-state index in [9.17, 15) is 18.4 Å². The lowest BCUT2D eigenvalue weighted by Crippen LogP contribution is -2.36. The van der Waals surface area contributed by atoms with Gasteiger partial charge in [-0.25, -0.2) is 13.8 Å². The van der Waals surface area contributed by atoms with Crippen LogP contribution in [-0.2, 0) is 0 Å². The average Bonchev–Trinajstić information content (AvgIpc) is 2.91. The van der Waals surface area contributed by atoms with Crippen LogP contribution in [0.25, 0.3) is 4.96 Å². The monoisotopic (exact) mass is 313 g/mol. The fourth-order valence-electron chi connectivity index (χ4n) is 2.40. The number of nitrogens with zero attached hydrogens (tertiary/aromatic N) is 3. The second-order valence-corrected chi connectivity index (χ2v) is 6.35. The molecule has 0 aromatic carbocycles. The molecule has 1 fully saturated rings. The van der Waals surface area contributed by atoms with Crippen molar-refractivity contribution in [3.63, 3.8) is 0 Å². The SMILES string of the molecule is Cc1sc2ncc(C(=O)N3CCC(F)(F)C3)c(=O)n2c1C. The van der Waals surface area contributed by atoms with Gasteiger partial charge >= 0.3 is 0 Å². The van der Waals surface area contributed by atoms with Crippen LogP contribution in [0.5, 0.6) is 0 Å². The summed E-state index contributed by atoms with van der Waals surface area (Å²) in [5, 5.41) is 0. The molecule has 8 heteroatoms. The van der Waals surface area contributed by atoms with Crippen LogP contribution in [0.1, 0.15) is 27.3 Å². The predicted octanol–water partition coefficient (Wildman–Crippen LogP) is 1.85. The molecule has 3 rings (SSSR count). The number of aromatic nitrogens is 2. The zero-order chi connectivity index (χ0) is 15.4. The Morgan fingerprint density at radius 1 is 1.43 bits per heavy atom. The zero-order valence-electron chi connectivity index (χ0n) is 11.5. The molecule has 1 aliphatic rings. The van der Waals surface area contributed by atoms with Gasteiger partial charge in [0.1, 0.15) is 5.56 Å². The molecule has 0 atom stereocenters. The molecule has 2 aromatic rings. The second-order valence-electron chi connectivity index (χ2n) is 5.17. The average molecular weight is 313 g/mol. The summed E-state index contributed by atoms with van der Waals surface area (Å²) in [5.74, 6) is -3.56. The van der Waals surface area contributed by atoms with Crippen molar-refractivity contribution in [3.05, 3.63) is 32.7 Å². The van der Waals surface area contributed by atoms with E-state index in [1.807, 2.05) is 6.92 Å². The number of alkyl halides is 2. The van der Waals surface area contributed by atoms with Crippen molar-refractivity contribution in [3.8, 4) is 0 Å². The number of hydrogen-bond donors (Lipinski definition) is 0. The highest BCUT2D eigenvalue weighted by atomic mass is 32.1. The van der Waals surface area contributed by atoms with Gasteiger partial charge in [0.15, 0.2) is 4.96 Å². The van der Waals surface area contributed by atoms with E-state index in [4.69, 9.17) is 0 Å². The number of carbonyl (C=O) groups is 1. The molecule has 0 aliphatic carbocycles. The number of carbonyl (C=O) groups excluding carboxylic acids is 1. The van der Waals surface area contributed by atoms with E-state index >= 15 is 0 Å². The smallest absolute Gasteiger partial charge is 0.271 e. The molecule has 0 spiro atoms. The number of rotatable bonds is 1. The highest BCUT2D eigenvalue weighted by Crippen LogP contribution is 2.27. The van der Waals surface area contributed by atoms with Crippen molar-refractivity contribution in [1.82, 2.24) is 14.3 Å². The minimum Gasteiger partial charge on any atom is -0.332 e. The Labute approximate surface area is 122 Å². The van der Waals surface area contributed by atoms with Gasteiger partial charge < -0.3 is 4.90 Å². The Hall–Kier alpha value is -1.83. The van der Waals surface area contributed by atoms with E-state index in [1.165, 1.54) is 21.9 Å². The van der Waals surface area contributed by atoms with Gasteiger partial charge in [0, 0.05) is 29.7 Å². The first-order valence-electron chi connectivity index (χ1n) is 6.45. The summed E-state index contributed by atoms with van der Waals surface area (Å²) in [6.45, 7) is 2.93. The van der Waals surface area contributed by atoms with Gasteiger partial charge in [-0.2, -0.15) is 0 Å². The van der Waals surface area contributed by atoms with Gasteiger partial charge in [0.05, 0.1) is 6.54 Å². The van der Waals surface area contributed by atoms with Crippen molar-refractivity contribution < 1.29 is 13.6 Å². The molecule has 0 N–H and O–H groups in total. The summed E-state index contributed by atoms with van der Waals surface area (Å²) in [6, 6.07) is 0. The van der Waals surface area contributed by atoms with Crippen LogP contribution in [-0.4, -0.2) is 39.2 Å². The van der Waals surface area contributed by atoms with E-state index in [2.05, 4.69) is 4.98 Å². The van der Waals surface area contributed by atoms with Crippen LogP contribution < -0.4 is 5.56 Å². The van der Waals surface area contributed by atoms with Gasteiger partial charge in [-0.1, -0.05) is 0 Å². The predicted molar refractivity (Wildman–Crippen MR) is 74.3 cm³/mol. The molecule has 0 saturated carbocycles. The normalized spacial score (nSPS) is 17.6. The van der Waals surface area contributed by atoms with Crippen LogP contribution in [0.3, 0.4) is 0 Å². The van der Waals surface area contributed by atoms with Crippen molar-refractivity contribution in [1.29, 1.82) is 0 Å². The summed E-state index contributed by atoms with van der Waals surface area (Å²) in [5.41, 5.74) is 0.0575. The molecule has 0 unspecified atom stereocenters. The lowest BCUT2D eigenvalue weighted by atomic mass is 10.3. The number of amides is 1. The maximum absolute atomic E-state index is 13.2. The van der Waals surface area contributed by atoms with Gasteiger partial charge in [0.25, 0.3) is 17.4 Å². The Kier molecular flexibility index (Phi) is 3.09. The molecule has 0 bridgehead atoms. The van der Waals surface area contributed by atoms with Crippen LogP contribution in [0.15, 0.2) is 11.0 Å². The Morgan fingerprint density at radius 2 is 2.14 bits per heavy atom. The van der Waals surface area contributed by atoms with E-state index in [0.717, 1.165) is 9.78 Å². The summed E-state index contributed by atoms with van der Waals surface area (Å²) in [6.07, 6.45) is 0.818. The number of halogens is 2. The van der Waals surface area contributed by atoms with Crippen LogP contribution >= 0.6 is 11.3 Å². The molecular formula is C13H13F2N3O2S. The molecule has 2 aromatic heterocycles. The standard InChI is InChI=1S/C13H13F2N3O2S/c1-7-8(2)21-12-16-5-9(11(20)18(7)12)10(19)17-4-3-13(14,15)6-17/h5H,3-4,6H2,1-2H3. The van der Waals surface area contributed by atoms with E-state index in [0.29, 0.717) is 10.7 Å². The number of thiazole rings is 1. The highest BCUT2D eigenvalue weighted by Gasteiger charge is 2.41. The van der Waals surface area contributed by atoms with Gasteiger partial charge in [-0.3, -0.25) is 14.0 Å². The Balaban J connectivity index is 2.05. The van der Waals surface area contributed by atoms with E-state index in [1.54, 1.807) is 6.92 Å². The molecule has 3 heterocycles. The minimum atomic E-state index is -2.88. The first kappa shape index (κ1) is 14.1. The number of likely N-dealkylation sites (tertiary alicyclic amines) is 1. The number of hydrogen-bond acceptors (Lipinski definition) is 4. The van der Waals surface area contributed by atoms with E-state index < -0.39 is 23.9 Å². The molecular weight excluding hydrogens is 300 g/mol. The summed E-state index contributed by atoms with van der Waals surface area (Å²) >= 11 is 1.35.